The Labute approximate surface area is 123 Å². The van der Waals surface area contributed by atoms with Crippen LogP contribution in [0.2, 0.25) is 0 Å². The minimum absolute atomic E-state index is 0.0340. The zero-order valence-electron chi connectivity index (χ0n) is 12.1. The van der Waals surface area contributed by atoms with E-state index < -0.39 is 11.4 Å². The Morgan fingerprint density at radius 3 is 2.76 bits per heavy atom. The van der Waals surface area contributed by atoms with E-state index in [1.54, 1.807) is 18.2 Å². The normalized spacial score (nSPS) is 20.0. The molecule has 1 amide bonds. The van der Waals surface area contributed by atoms with Crippen LogP contribution in [0, 0.1) is 5.41 Å². The lowest BCUT2D eigenvalue weighted by Crippen LogP contribution is -2.41. The van der Waals surface area contributed by atoms with Crippen LogP contribution in [0.3, 0.4) is 0 Å². The second-order valence-electron chi connectivity index (χ2n) is 5.79. The highest BCUT2D eigenvalue weighted by molar-refractivity contribution is 5.98. The second-order valence-corrected chi connectivity index (χ2v) is 5.79. The highest BCUT2D eigenvalue weighted by atomic mass is 16.5. The summed E-state index contributed by atoms with van der Waals surface area (Å²) in [5.74, 6) is 0.157. The summed E-state index contributed by atoms with van der Waals surface area (Å²) in [4.78, 5) is 24.1. The zero-order valence-corrected chi connectivity index (χ0v) is 12.1. The Bertz CT molecular complexity index is 576. The van der Waals surface area contributed by atoms with Gasteiger partial charge in [0.15, 0.2) is 0 Å². The van der Waals surface area contributed by atoms with Crippen molar-refractivity contribution in [2.24, 2.45) is 5.41 Å². The van der Waals surface area contributed by atoms with Crippen LogP contribution >= 0.6 is 0 Å². The maximum absolute atomic E-state index is 12.5. The molecule has 0 bridgehead atoms. The molecule has 1 fully saturated rings. The van der Waals surface area contributed by atoms with Crippen molar-refractivity contribution in [1.29, 1.82) is 0 Å². The maximum atomic E-state index is 12.5. The van der Waals surface area contributed by atoms with Gasteiger partial charge in [-0.1, -0.05) is 19.3 Å². The number of esters is 1. The van der Waals surface area contributed by atoms with Crippen molar-refractivity contribution in [3.63, 3.8) is 0 Å². The van der Waals surface area contributed by atoms with Gasteiger partial charge in [0.25, 0.3) is 0 Å². The molecule has 1 aliphatic heterocycles. The summed E-state index contributed by atoms with van der Waals surface area (Å²) in [6.45, 7) is 0.371. The largest absolute Gasteiger partial charge is 0.490 e. The quantitative estimate of drug-likeness (QED) is 0.807. The summed E-state index contributed by atoms with van der Waals surface area (Å²) in [6.07, 6.45) is 5.00. The van der Waals surface area contributed by atoms with E-state index in [-0.39, 0.29) is 5.91 Å². The van der Waals surface area contributed by atoms with Gasteiger partial charge in [-0.25, -0.2) is 4.79 Å². The molecule has 1 heterocycles. The first-order valence-electron chi connectivity index (χ1n) is 7.31. The van der Waals surface area contributed by atoms with E-state index in [4.69, 9.17) is 9.47 Å². The molecular formula is C16H19NO4. The third kappa shape index (κ3) is 2.48. The number of benzene rings is 1. The number of carbonyl (C=O) groups excluding carboxylic acids is 2. The van der Waals surface area contributed by atoms with E-state index in [9.17, 15) is 9.59 Å². The predicted molar refractivity (Wildman–Crippen MR) is 77.4 cm³/mol. The lowest BCUT2D eigenvalue weighted by Gasteiger charge is -2.33. The van der Waals surface area contributed by atoms with Crippen molar-refractivity contribution in [2.45, 2.75) is 32.1 Å². The number of fused-ring (bicyclic) bond motifs is 1. The predicted octanol–water partition coefficient (Wildman–Crippen LogP) is 2.75. The van der Waals surface area contributed by atoms with Crippen molar-refractivity contribution < 1.29 is 19.1 Å². The van der Waals surface area contributed by atoms with Gasteiger partial charge in [-0.15, -0.1) is 0 Å². The van der Waals surface area contributed by atoms with Crippen LogP contribution in [0.15, 0.2) is 18.2 Å². The summed E-state index contributed by atoms with van der Waals surface area (Å²) in [7, 11) is 1.34. The van der Waals surface area contributed by atoms with E-state index in [0.717, 1.165) is 25.7 Å². The molecule has 1 aromatic carbocycles. The fourth-order valence-electron chi connectivity index (χ4n) is 3.13. The van der Waals surface area contributed by atoms with E-state index in [0.29, 0.717) is 23.6 Å². The Morgan fingerprint density at radius 2 is 2.05 bits per heavy atom. The van der Waals surface area contributed by atoms with E-state index >= 15 is 0 Å². The number of rotatable bonds is 1. The summed E-state index contributed by atoms with van der Waals surface area (Å²) >= 11 is 0. The third-order valence-electron chi connectivity index (χ3n) is 4.45. The van der Waals surface area contributed by atoms with Gasteiger partial charge in [-0.2, -0.15) is 0 Å². The number of methoxy groups -OCH3 is 1. The number of amides is 1. The Hall–Kier alpha value is -2.04. The van der Waals surface area contributed by atoms with Gasteiger partial charge in [-0.3, -0.25) is 4.79 Å². The molecule has 1 aliphatic carbocycles. The first-order chi connectivity index (χ1) is 10.1. The monoisotopic (exact) mass is 289 g/mol. The zero-order chi connectivity index (χ0) is 14.9. The molecule has 2 aliphatic rings. The van der Waals surface area contributed by atoms with E-state index in [1.165, 1.54) is 13.5 Å². The smallest absolute Gasteiger partial charge is 0.337 e. The van der Waals surface area contributed by atoms with Gasteiger partial charge in [-0.05, 0) is 31.0 Å². The molecule has 0 saturated heterocycles. The summed E-state index contributed by atoms with van der Waals surface area (Å²) in [6, 6.07) is 4.96. The van der Waals surface area contributed by atoms with Gasteiger partial charge in [0.2, 0.25) is 5.91 Å². The first-order valence-corrected chi connectivity index (χ1v) is 7.31. The van der Waals surface area contributed by atoms with Gasteiger partial charge in [0.05, 0.1) is 23.8 Å². The van der Waals surface area contributed by atoms with Crippen molar-refractivity contribution in [2.75, 3.05) is 19.0 Å². The lowest BCUT2D eigenvalue weighted by atomic mass is 9.74. The molecule has 112 valence electrons. The molecule has 1 spiro atoms. The summed E-state index contributed by atoms with van der Waals surface area (Å²) in [5, 5.41) is 2.95. The Balaban J connectivity index is 1.89. The Kier molecular flexibility index (Phi) is 3.57. The molecule has 0 unspecified atom stereocenters. The van der Waals surface area contributed by atoms with Gasteiger partial charge < -0.3 is 14.8 Å². The third-order valence-corrected chi connectivity index (χ3v) is 4.45. The average Bonchev–Trinajstić information content (AvgIpc) is 2.65. The molecule has 5 heteroatoms. The molecule has 1 N–H and O–H groups in total. The Morgan fingerprint density at radius 1 is 1.29 bits per heavy atom. The van der Waals surface area contributed by atoms with Gasteiger partial charge in [0, 0.05) is 0 Å². The standard InChI is InChI=1S/C16H19NO4/c1-20-14(18)11-5-6-12-13(9-11)21-10-16(15(19)17-12)7-3-2-4-8-16/h5-6,9H,2-4,7-8,10H2,1H3,(H,17,19). The number of hydrogen-bond acceptors (Lipinski definition) is 4. The summed E-state index contributed by atoms with van der Waals surface area (Å²) < 4.78 is 10.6. The van der Waals surface area contributed by atoms with Crippen LogP contribution in [0.1, 0.15) is 42.5 Å². The van der Waals surface area contributed by atoms with Crippen molar-refractivity contribution in [1.82, 2.24) is 0 Å². The second kappa shape index (κ2) is 5.39. The molecule has 3 rings (SSSR count). The minimum Gasteiger partial charge on any atom is -0.490 e. The van der Waals surface area contributed by atoms with Crippen LogP contribution in [0.4, 0.5) is 5.69 Å². The number of hydrogen-bond donors (Lipinski definition) is 1. The van der Waals surface area contributed by atoms with E-state index in [1.807, 2.05) is 0 Å². The molecule has 0 atom stereocenters. The fourth-order valence-corrected chi connectivity index (χ4v) is 3.13. The molecule has 0 radical (unpaired) electrons. The molecular weight excluding hydrogens is 270 g/mol. The number of ether oxygens (including phenoxy) is 2. The van der Waals surface area contributed by atoms with Crippen molar-refractivity contribution in [3.05, 3.63) is 23.8 Å². The maximum Gasteiger partial charge on any atom is 0.337 e. The SMILES string of the molecule is COC(=O)c1ccc2c(c1)OCC1(CCCCC1)C(=O)N2. The molecule has 1 saturated carbocycles. The molecule has 1 aromatic rings. The van der Waals surface area contributed by atoms with Crippen molar-refractivity contribution in [3.8, 4) is 5.75 Å². The average molecular weight is 289 g/mol. The first kappa shape index (κ1) is 13.9. The lowest BCUT2D eigenvalue weighted by molar-refractivity contribution is -0.128. The van der Waals surface area contributed by atoms with Crippen LogP contribution in [0.5, 0.6) is 5.75 Å². The number of anilines is 1. The van der Waals surface area contributed by atoms with Crippen LogP contribution in [0.25, 0.3) is 0 Å². The topological polar surface area (TPSA) is 64.6 Å². The fraction of sp³-hybridized carbons (Fsp3) is 0.500. The van der Waals surface area contributed by atoms with Gasteiger partial charge >= 0.3 is 5.97 Å². The highest BCUT2D eigenvalue weighted by Gasteiger charge is 2.42. The van der Waals surface area contributed by atoms with E-state index in [2.05, 4.69) is 5.32 Å². The van der Waals surface area contributed by atoms with Crippen LogP contribution < -0.4 is 10.1 Å². The molecule has 0 aromatic heterocycles. The van der Waals surface area contributed by atoms with Gasteiger partial charge in [0.1, 0.15) is 12.4 Å². The summed E-state index contributed by atoms with van der Waals surface area (Å²) in [5.41, 5.74) is 0.614. The minimum atomic E-state index is -0.428. The highest BCUT2D eigenvalue weighted by Crippen LogP contribution is 2.41. The van der Waals surface area contributed by atoms with Crippen LogP contribution in [-0.4, -0.2) is 25.6 Å². The molecule has 5 nitrogen and oxygen atoms in total. The van der Waals surface area contributed by atoms with Crippen LogP contribution in [-0.2, 0) is 9.53 Å². The molecule has 21 heavy (non-hydrogen) atoms. The number of nitrogens with one attached hydrogen (secondary N) is 1. The number of carbonyl (C=O) groups is 2. The van der Waals surface area contributed by atoms with Crippen molar-refractivity contribution >= 4 is 17.6 Å².